The zero-order valence-electron chi connectivity index (χ0n) is 23.3. The Morgan fingerprint density at radius 3 is 2.07 bits per heavy atom. The number of ether oxygens (including phenoxy) is 3. The summed E-state index contributed by atoms with van der Waals surface area (Å²) in [6.45, 7) is 2.77. The first-order chi connectivity index (χ1) is 19.9. The van der Waals surface area contributed by atoms with Crippen LogP contribution in [-0.4, -0.2) is 24.1 Å². The van der Waals surface area contributed by atoms with Gasteiger partial charge in [-0.1, -0.05) is 61.9 Å². The molecule has 0 saturated carbocycles. The molecular weight excluding hydrogens is 518 g/mol. The molecule has 0 aliphatic heterocycles. The van der Waals surface area contributed by atoms with Gasteiger partial charge in [-0.3, -0.25) is 9.59 Å². The lowest BCUT2D eigenvalue weighted by Crippen LogP contribution is -2.24. The zero-order chi connectivity index (χ0) is 29.0. The second kappa shape index (κ2) is 14.6. The number of rotatable bonds is 14. The van der Waals surface area contributed by atoms with Crippen molar-refractivity contribution >= 4 is 11.9 Å². The molecule has 0 heterocycles. The zero-order valence-corrected chi connectivity index (χ0v) is 23.3. The van der Waals surface area contributed by atoms with Crippen LogP contribution in [0.3, 0.4) is 0 Å². The first-order valence-corrected chi connectivity index (χ1v) is 13.7. The van der Waals surface area contributed by atoms with Crippen LogP contribution in [0.1, 0.15) is 46.8 Å². The summed E-state index contributed by atoms with van der Waals surface area (Å²) in [6, 6.07) is 30.2. The standard InChI is InChI=1S/C34H35NO6/c1-3-7-27(34(37)38)20-26-12-19-32(39-2)31(21-26)33(36)35-22-24-10-13-29(14-11-24)41-30-17-15-28(16-18-30)40-23-25-8-5-4-6-9-25/h4-6,8-19,21,27H,3,7,20,22-23H2,1-2H3,(H,35,36)(H,37,38)/t27-/m0/s1. The topological polar surface area (TPSA) is 94.1 Å². The van der Waals surface area contributed by atoms with Crippen LogP contribution in [0.15, 0.2) is 97.1 Å². The SMILES string of the molecule is CCC[C@@H](Cc1ccc(OC)c(C(=O)NCc2ccc(Oc3ccc(OCc4ccccc4)cc3)cc2)c1)C(=O)O. The van der Waals surface area contributed by atoms with E-state index in [9.17, 15) is 14.7 Å². The van der Waals surface area contributed by atoms with Crippen molar-refractivity contribution in [2.24, 2.45) is 5.92 Å². The summed E-state index contributed by atoms with van der Waals surface area (Å²) >= 11 is 0. The van der Waals surface area contributed by atoms with Crippen molar-refractivity contribution in [2.45, 2.75) is 39.3 Å². The van der Waals surface area contributed by atoms with E-state index in [1.54, 1.807) is 12.1 Å². The molecule has 4 aromatic carbocycles. The van der Waals surface area contributed by atoms with Crippen molar-refractivity contribution in [3.8, 4) is 23.0 Å². The Labute approximate surface area is 240 Å². The number of carboxylic acid groups (broad SMARTS) is 1. The van der Waals surface area contributed by atoms with Gasteiger partial charge in [0.1, 0.15) is 29.6 Å². The molecule has 41 heavy (non-hydrogen) atoms. The molecule has 1 amide bonds. The molecule has 4 aromatic rings. The van der Waals surface area contributed by atoms with Crippen molar-refractivity contribution in [1.29, 1.82) is 0 Å². The van der Waals surface area contributed by atoms with Crippen molar-refractivity contribution in [3.05, 3.63) is 119 Å². The Bertz CT molecular complexity index is 1420. The fourth-order valence-corrected chi connectivity index (χ4v) is 4.44. The molecule has 0 unspecified atom stereocenters. The number of aliphatic carboxylic acids is 1. The number of amides is 1. The van der Waals surface area contributed by atoms with E-state index in [1.807, 2.05) is 91.9 Å². The van der Waals surface area contributed by atoms with Gasteiger partial charge in [-0.15, -0.1) is 0 Å². The van der Waals surface area contributed by atoms with Gasteiger partial charge in [0.2, 0.25) is 0 Å². The van der Waals surface area contributed by atoms with Gasteiger partial charge in [-0.25, -0.2) is 0 Å². The molecule has 0 bridgehead atoms. The molecule has 7 heteroatoms. The maximum absolute atomic E-state index is 13.0. The first kappa shape index (κ1) is 29.2. The van der Waals surface area contributed by atoms with Crippen molar-refractivity contribution in [1.82, 2.24) is 5.32 Å². The smallest absolute Gasteiger partial charge is 0.306 e. The van der Waals surface area contributed by atoms with Gasteiger partial charge in [0, 0.05) is 6.54 Å². The number of methoxy groups -OCH3 is 1. The molecule has 212 valence electrons. The first-order valence-electron chi connectivity index (χ1n) is 13.7. The van der Waals surface area contributed by atoms with Gasteiger partial charge in [0.05, 0.1) is 18.6 Å². The van der Waals surface area contributed by atoms with Gasteiger partial charge in [-0.2, -0.15) is 0 Å². The maximum Gasteiger partial charge on any atom is 0.306 e. The molecule has 0 fully saturated rings. The summed E-state index contributed by atoms with van der Waals surface area (Å²) in [7, 11) is 1.51. The molecule has 0 aliphatic carbocycles. The minimum Gasteiger partial charge on any atom is -0.496 e. The van der Waals surface area contributed by atoms with E-state index < -0.39 is 11.9 Å². The normalized spacial score (nSPS) is 11.4. The lowest BCUT2D eigenvalue weighted by Gasteiger charge is -2.14. The van der Waals surface area contributed by atoms with Crippen molar-refractivity contribution in [3.63, 3.8) is 0 Å². The molecule has 0 aliphatic rings. The third-order valence-corrected chi connectivity index (χ3v) is 6.66. The summed E-state index contributed by atoms with van der Waals surface area (Å²) in [4.78, 5) is 24.6. The van der Waals surface area contributed by atoms with Crippen LogP contribution in [0.4, 0.5) is 0 Å². The summed E-state index contributed by atoms with van der Waals surface area (Å²) in [5.74, 6) is 0.954. The lowest BCUT2D eigenvalue weighted by atomic mass is 9.94. The average molecular weight is 554 g/mol. The van der Waals surface area contributed by atoms with E-state index in [0.29, 0.717) is 48.8 Å². The Morgan fingerprint density at radius 2 is 1.44 bits per heavy atom. The Hall–Kier alpha value is -4.78. The average Bonchev–Trinajstić information content (AvgIpc) is 3.00. The molecule has 0 spiro atoms. The predicted octanol–water partition coefficient (Wildman–Crippen LogP) is 7.04. The number of hydrogen-bond acceptors (Lipinski definition) is 5. The molecule has 4 rings (SSSR count). The highest BCUT2D eigenvalue weighted by Gasteiger charge is 2.19. The number of carboxylic acids is 1. The number of nitrogens with one attached hydrogen (secondary N) is 1. The highest BCUT2D eigenvalue weighted by molar-refractivity contribution is 5.97. The minimum absolute atomic E-state index is 0.291. The van der Waals surface area contributed by atoms with Crippen molar-refractivity contribution < 1.29 is 28.9 Å². The van der Waals surface area contributed by atoms with E-state index in [0.717, 1.165) is 28.9 Å². The summed E-state index contributed by atoms with van der Waals surface area (Å²) < 4.78 is 17.2. The van der Waals surface area contributed by atoms with Crippen LogP contribution in [0.2, 0.25) is 0 Å². The molecule has 0 aromatic heterocycles. The van der Waals surface area contributed by atoms with Crippen LogP contribution < -0.4 is 19.5 Å². The van der Waals surface area contributed by atoms with Gasteiger partial charge in [0.15, 0.2) is 0 Å². The molecule has 1 atom stereocenters. The Kier molecular flexibility index (Phi) is 10.4. The van der Waals surface area contributed by atoms with E-state index in [2.05, 4.69) is 5.32 Å². The highest BCUT2D eigenvalue weighted by Crippen LogP contribution is 2.26. The number of benzene rings is 4. The molecule has 0 saturated heterocycles. The Morgan fingerprint density at radius 1 is 0.805 bits per heavy atom. The molecule has 7 nitrogen and oxygen atoms in total. The second-order valence-corrected chi connectivity index (χ2v) is 9.74. The van der Waals surface area contributed by atoms with Gasteiger partial charge in [-0.05, 0) is 78.1 Å². The largest absolute Gasteiger partial charge is 0.496 e. The summed E-state index contributed by atoms with van der Waals surface area (Å²) in [5.41, 5.74) is 3.17. The quantitative estimate of drug-likeness (QED) is 0.174. The van der Waals surface area contributed by atoms with Gasteiger partial charge in [0.25, 0.3) is 5.91 Å². The van der Waals surface area contributed by atoms with Gasteiger partial charge >= 0.3 is 5.97 Å². The summed E-state index contributed by atoms with van der Waals surface area (Å²) in [5, 5.41) is 12.4. The molecule has 2 N–H and O–H groups in total. The van der Waals surface area contributed by atoms with E-state index in [4.69, 9.17) is 14.2 Å². The van der Waals surface area contributed by atoms with E-state index in [1.165, 1.54) is 7.11 Å². The van der Waals surface area contributed by atoms with Crippen molar-refractivity contribution in [2.75, 3.05) is 7.11 Å². The fraction of sp³-hybridized carbons (Fsp3) is 0.235. The minimum atomic E-state index is -0.828. The van der Waals surface area contributed by atoms with E-state index in [-0.39, 0.29) is 5.91 Å². The van der Waals surface area contributed by atoms with Crippen LogP contribution in [0.5, 0.6) is 23.0 Å². The van der Waals surface area contributed by atoms with Crippen LogP contribution in [0, 0.1) is 5.92 Å². The number of hydrogen-bond donors (Lipinski definition) is 2. The number of carbonyl (C=O) groups excluding carboxylic acids is 1. The summed E-state index contributed by atoms with van der Waals surface area (Å²) in [6.07, 6.45) is 1.72. The molecular formula is C34H35NO6. The third-order valence-electron chi connectivity index (χ3n) is 6.66. The predicted molar refractivity (Wildman–Crippen MR) is 158 cm³/mol. The van der Waals surface area contributed by atoms with E-state index >= 15 is 0 Å². The molecule has 0 radical (unpaired) electrons. The third kappa shape index (κ3) is 8.60. The van der Waals surface area contributed by atoms with Crippen LogP contribution >= 0.6 is 0 Å². The highest BCUT2D eigenvalue weighted by atomic mass is 16.5. The monoisotopic (exact) mass is 553 g/mol. The lowest BCUT2D eigenvalue weighted by molar-refractivity contribution is -0.141. The van der Waals surface area contributed by atoms with Gasteiger partial charge < -0.3 is 24.6 Å². The maximum atomic E-state index is 13.0. The Balaban J connectivity index is 1.31. The van der Waals surface area contributed by atoms with Crippen LogP contribution in [-0.2, 0) is 24.4 Å². The number of carbonyl (C=O) groups is 2. The second-order valence-electron chi connectivity index (χ2n) is 9.74. The van der Waals surface area contributed by atoms with Crippen LogP contribution in [0.25, 0.3) is 0 Å². The fourth-order valence-electron chi connectivity index (χ4n) is 4.44.